The minimum Gasteiger partial charge on any atom is -0.381 e. The molecule has 3 rings (SSSR count). The van der Waals surface area contributed by atoms with Gasteiger partial charge in [-0.25, -0.2) is 0 Å². The van der Waals surface area contributed by atoms with E-state index in [4.69, 9.17) is 4.74 Å². The van der Waals surface area contributed by atoms with Gasteiger partial charge in [-0.15, -0.1) is 0 Å². The summed E-state index contributed by atoms with van der Waals surface area (Å²) in [7, 11) is 0. The van der Waals surface area contributed by atoms with Gasteiger partial charge in [-0.3, -0.25) is 4.79 Å². The van der Waals surface area contributed by atoms with Gasteiger partial charge >= 0.3 is 0 Å². The van der Waals surface area contributed by atoms with E-state index in [1.165, 1.54) is 0 Å². The van der Waals surface area contributed by atoms with Gasteiger partial charge in [0, 0.05) is 23.7 Å². The Morgan fingerprint density at radius 3 is 2.29 bits per heavy atom. The minimum absolute atomic E-state index is 0.0212. The zero-order chi connectivity index (χ0) is 14.5. The van der Waals surface area contributed by atoms with E-state index in [0.717, 1.165) is 23.5 Å². The van der Waals surface area contributed by atoms with Gasteiger partial charge in [-0.1, -0.05) is 18.2 Å². The third-order valence-corrected chi connectivity index (χ3v) is 3.52. The van der Waals surface area contributed by atoms with Gasteiger partial charge in [0.05, 0.1) is 12.5 Å². The molecule has 1 amide bonds. The Morgan fingerprint density at radius 1 is 0.952 bits per heavy atom. The molecule has 1 aliphatic rings. The number of anilines is 3. The summed E-state index contributed by atoms with van der Waals surface area (Å²) >= 11 is 0. The van der Waals surface area contributed by atoms with Crippen LogP contribution in [0.3, 0.4) is 0 Å². The van der Waals surface area contributed by atoms with Gasteiger partial charge in [0.15, 0.2) is 0 Å². The third-order valence-electron chi connectivity index (χ3n) is 3.52. The molecule has 1 saturated heterocycles. The molecular formula is C17H18N2O2. The van der Waals surface area contributed by atoms with Crippen LogP contribution in [-0.2, 0) is 9.53 Å². The van der Waals surface area contributed by atoms with Crippen molar-refractivity contribution < 1.29 is 9.53 Å². The van der Waals surface area contributed by atoms with E-state index < -0.39 is 0 Å². The second-order valence-electron chi connectivity index (χ2n) is 5.12. The molecule has 2 N–H and O–H groups in total. The molecule has 0 unspecified atom stereocenters. The molecular weight excluding hydrogens is 264 g/mol. The highest BCUT2D eigenvalue weighted by atomic mass is 16.5. The Labute approximate surface area is 124 Å². The normalized spacial score (nSPS) is 17.4. The number of ether oxygens (including phenoxy) is 1. The number of rotatable bonds is 4. The summed E-state index contributed by atoms with van der Waals surface area (Å²) in [6.45, 7) is 1.21. The first-order valence-electron chi connectivity index (χ1n) is 7.12. The number of amides is 1. The minimum atomic E-state index is -0.0212. The summed E-state index contributed by atoms with van der Waals surface area (Å²) in [5.41, 5.74) is 2.84. The molecule has 0 spiro atoms. The molecule has 4 nitrogen and oxygen atoms in total. The Balaban J connectivity index is 1.60. The van der Waals surface area contributed by atoms with Crippen molar-refractivity contribution in [2.45, 2.75) is 6.42 Å². The predicted molar refractivity (Wildman–Crippen MR) is 83.7 cm³/mol. The lowest BCUT2D eigenvalue weighted by Crippen LogP contribution is -2.22. The Kier molecular flexibility index (Phi) is 4.17. The van der Waals surface area contributed by atoms with Gasteiger partial charge in [-0.05, 0) is 42.8 Å². The second-order valence-corrected chi connectivity index (χ2v) is 5.12. The fourth-order valence-electron chi connectivity index (χ4n) is 2.31. The number of hydrogen-bond donors (Lipinski definition) is 2. The van der Waals surface area contributed by atoms with Crippen LogP contribution in [0.15, 0.2) is 54.6 Å². The van der Waals surface area contributed by atoms with E-state index in [9.17, 15) is 4.79 Å². The molecule has 1 aliphatic heterocycles. The lowest BCUT2D eigenvalue weighted by molar-refractivity contribution is -0.119. The first-order valence-corrected chi connectivity index (χ1v) is 7.12. The lowest BCUT2D eigenvalue weighted by atomic mass is 10.1. The molecule has 0 radical (unpaired) electrons. The first-order chi connectivity index (χ1) is 10.3. The number of carbonyl (C=O) groups excluding carboxylic acids is 1. The van der Waals surface area contributed by atoms with Crippen molar-refractivity contribution in [3.05, 3.63) is 54.6 Å². The predicted octanol–water partition coefficient (Wildman–Crippen LogP) is 3.41. The van der Waals surface area contributed by atoms with Crippen molar-refractivity contribution >= 4 is 23.0 Å². The number of carbonyl (C=O) groups is 1. The smallest absolute Gasteiger partial charge is 0.229 e. The van der Waals surface area contributed by atoms with Crippen LogP contribution in [0.1, 0.15) is 6.42 Å². The fourth-order valence-corrected chi connectivity index (χ4v) is 2.31. The van der Waals surface area contributed by atoms with Crippen molar-refractivity contribution in [2.24, 2.45) is 5.92 Å². The highest BCUT2D eigenvalue weighted by molar-refractivity contribution is 5.93. The van der Waals surface area contributed by atoms with Crippen LogP contribution in [-0.4, -0.2) is 19.1 Å². The molecule has 0 saturated carbocycles. The summed E-state index contributed by atoms with van der Waals surface area (Å²) in [6.07, 6.45) is 0.805. The molecule has 1 fully saturated rings. The van der Waals surface area contributed by atoms with E-state index in [0.29, 0.717) is 13.2 Å². The van der Waals surface area contributed by atoms with Crippen molar-refractivity contribution in [1.82, 2.24) is 0 Å². The molecule has 4 heteroatoms. The van der Waals surface area contributed by atoms with Crippen LogP contribution in [0, 0.1) is 5.92 Å². The summed E-state index contributed by atoms with van der Waals surface area (Å²) in [5.74, 6) is 0.0170. The van der Waals surface area contributed by atoms with Crippen LogP contribution < -0.4 is 10.6 Å². The maximum absolute atomic E-state index is 12.0. The molecule has 21 heavy (non-hydrogen) atoms. The molecule has 2 aromatic carbocycles. The second kappa shape index (κ2) is 6.41. The summed E-state index contributed by atoms with van der Waals surface area (Å²) in [4.78, 5) is 12.0. The standard InChI is InChI=1S/C17H18N2O2/c20-17(13-10-11-21-12-13)19-16-8-6-15(7-9-16)18-14-4-2-1-3-5-14/h1-9,13,18H,10-12H2,(H,19,20)/t13-/m1/s1. The monoisotopic (exact) mass is 282 g/mol. The lowest BCUT2D eigenvalue weighted by Gasteiger charge is -2.11. The van der Waals surface area contributed by atoms with Gasteiger partial charge < -0.3 is 15.4 Å². The van der Waals surface area contributed by atoms with Gasteiger partial charge in [0.25, 0.3) is 0 Å². The quantitative estimate of drug-likeness (QED) is 0.903. The SMILES string of the molecule is O=C(Nc1ccc(Nc2ccccc2)cc1)[C@@H]1CCOC1. The topological polar surface area (TPSA) is 50.4 Å². The highest BCUT2D eigenvalue weighted by Gasteiger charge is 2.23. The average Bonchev–Trinajstić information content (AvgIpc) is 3.05. The van der Waals surface area contributed by atoms with Crippen LogP contribution >= 0.6 is 0 Å². The van der Waals surface area contributed by atoms with Crippen LogP contribution in [0.2, 0.25) is 0 Å². The first kappa shape index (κ1) is 13.6. The summed E-state index contributed by atoms with van der Waals surface area (Å²) in [5, 5.41) is 6.24. The Hall–Kier alpha value is -2.33. The Bertz CT molecular complexity index is 590. The third kappa shape index (κ3) is 3.61. The van der Waals surface area contributed by atoms with Crippen molar-refractivity contribution in [3.8, 4) is 0 Å². The van der Waals surface area contributed by atoms with Crippen LogP contribution in [0.4, 0.5) is 17.1 Å². The van der Waals surface area contributed by atoms with Crippen molar-refractivity contribution in [2.75, 3.05) is 23.8 Å². The maximum Gasteiger partial charge on any atom is 0.229 e. The van der Waals surface area contributed by atoms with Gasteiger partial charge in [0.2, 0.25) is 5.91 Å². The number of para-hydroxylation sites is 1. The molecule has 108 valence electrons. The van der Waals surface area contributed by atoms with Crippen LogP contribution in [0.25, 0.3) is 0 Å². The summed E-state index contributed by atoms with van der Waals surface area (Å²) < 4.78 is 5.23. The van der Waals surface area contributed by atoms with Gasteiger partial charge in [0.1, 0.15) is 0 Å². The van der Waals surface area contributed by atoms with Crippen LogP contribution in [0.5, 0.6) is 0 Å². The van der Waals surface area contributed by atoms with E-state index in [1.807, 2.05) is 54.6 Å². The number of hydrogen-bond acceptors (Lipinski definition) is 3. The van der Waals surface area contributed by atoms with E-state index in [2.05, 4.69) is 10.6 Å². The molecule has 0 aromatic heterocycles. The zero-order valence-corrected chi connectivity index (χ0v) is 11.7. The van der Waals surface area contributed by atoms with E-state index >= 15 is 0 Å². The molecule has 2 aromatic rings. The number of nitrogens with one attached hydrogen (secondary N) is 2. The molecule has 0 aliphatic carbocycles. The fraction of sp³-hybridized carbons (Fsp3) is 0.235. The van der Waals surface area contributed by atoms with Crippen molar-refractivity contribution in [1.29, 1.82) is 0 Å². The summed E-state index contributed by atoms with van der Waals surface area (Å²) in [6, 6.07) is 17.7. The number of benzene rings is 2. The molecule has 1 heterocycles. The zero-order valence-electron chi connectivity index (χ0n) is 11.7. The van der Waals surface area contributed by atoms with Gasteiger partial charge in [-0.2, -0.15) is 0 Å². The Morgan fingerprint density at radius 2 is 1.62 bits per heavy atom. The van der Waals surface area contributed by atoms with Crippen molar-refractivity contribution in [3.63, 3.8) is 0 Å². The van der Waals surface area contributed by atoms with E-state index in [-0.39, 0.29) is 11.8 Å². The maximum atomic E-state index is 12.0. The van der Waals surface area contributed by atoms with E-state index in [1.54, 1.807) is 0 Å². The molecule has 0 bridgehead atoms. The average molecular weight is 282 g/mol. The molecule has 1 atom stereocenters. The largest absolute Gasteiger partial charge is 0.381 e. The highest BCUT2D eigenvalue weighted by Crippen LogP contribution is 2.20.